The lowest BCUT2D eigenvalue weighted by Crippen LogP contribution is -2.17. The Bertz CT molecular complexity index is 1090. The van der Waals surface area contributed by atoms with E-state index in [1.807, 2.05) is 91.0 Å². The van der Waals surface area contributed by atoms with Crippen molar-refractivity contribution >= 4 is 23.5 Å². The fraction of sp³-hybridized carbons (Fsp3) is 0.0435. The third-order valence-electron chi connectivity index (χ3n) is 4.16. The molecule has 0 fully saturated rings. The van der Waals surface area contributed by atoms with Crippen LogP contribution in [0.25, 0.3) is 11.4 Å². The standard InChI is InChI=1S/C23H19N5O/c29-20(16-17-10-4-1-5-11-17)25-23-27-21(18-12-6-2-7-13-18)26-22(28-23)24-19-14-8-3-9-15-19/h1-15H,16H2,(H2,24,25,26,27,28,29). The summed E-state index contributed by atoms with van der Waals surface area (Å²) in [6.45, 7) is 0. The van der Waals surface area contributed by atoms with Gasteiger partial charge < -0.3 is 5.32 Å². The molecule has 0 saturated carbocycles. The number of nitrogens with one attached hydrogen (secondary N) is 2. The Morgan fingerprint density at radius 1 is 0.690 bits per heavy atom. The van der Waals surface area contributed by atoms with Gasteiger partial charge in [-0.2, -0.15) is 15.0 Å². The van der Waals surface area contributed by atoms with Gasteiger partial charge in [0.1, 0.15) is 0 Å². The highest BCUT2D eigenvalue weighted by molar-refractivity contribution is 5.91. The van der Waals surface area contributed by atoms with Gasteiger partial charge in [-0.25, -0.2) is 0 Å². The molecule has 1 heterocycles. The van der Waals surface area contributed by atoms with Crippen LogP contribution in [0.1, 0.15) is 5.56 Å². The molecule has 3 aromatic carbocycles. The third-order valence-corrected chi connectivity index (χ3v) is 4.16. The first-order chi connectivity index (χ1) is 14.3. The van der Waals surface area contributed by atoms with Crippen molar-refractivity contribution in [2.24, 2.45) is 0 Å². The van der Waals surface area contributed by atoms with Gasteiger partial charge in [0.25, 0.3) is 0 Å². The molecule has 6 heteroatoms. The molecule has 1 amide bonds. The number of hydrogen-bond donors (Lipinski definition) is 2. The molecule has 4 rings (SSSR count). The second kappa shape index (κ2) is 8.75. The smallest absolute Gasteiger partial charge is 0.234 e. The average molecular weight is 381 g/mol. The van der Waals surface area contributed by atoms with E-state index in [-0.39, 0.29) is 18.3 Å². The van der Waals surface area contributed by atoms with Crippen molar-refractivity contribution in [3.63, 3.8) is 0 Å². The van der Waals surface area contributed by atoms with Crippen molar-refractivity contribution in [2.75, 3.05) is 10.6 Å². The first-order valence-electron chi connectivity index (χ1n) is 9.23. The molecule has 142 valence electrons. The number of aromatic nitrogens is 3. The second-order valence-electron chi connectivity index (χ2n) is 6.37. The lowest BCUT2D eigenvalue weighted by Gasteiger charge is -2.10. The highest BCUT2D eigenvalue weighted by Gasteiger charge is 2.12. The Balaban J connectivity index is 1.61. The summed E-state index contributed by atoms with van der Waals surface area (Å²) in [5, 5.41) is 5.95. The fourth-order valence-corrected chi connectivity index (χ4v) is 2.80. The van der Waals surface area contributed by atoms with Crippen LogP contribution >= 0.6 is 0 Å². The molecule has 6 nitrogen and oxygen atoms in total. The number of rotatable bonds is 6. The van der Waals surface area contributed by atoms with Gasteiger partial charge in [-0.15, -0.1) is 0 Å². The van der Waals surface area contributed by atoms with E-state index in [0.717, 1.165) is 16.8 Å². The maximum Gasteiger partial charge on any atom is 0.234 e. The molecule has 0 atom stereocenters. The SMILES string of the molecule is O=C(Cc1ccccc1)Nc1nc(Nc2ccccc2)nc(-c2ccccc2)n1. The van der Waals surface area contributed by atoms with Crippen LogP contribution in [0.4, 0.5) is 17.6 Å². The van der Waals surface area contributed by atoms with Crippen molar-refractivity contribution in [1.29, 1.82) is 0 Å². The minimum atomic E-state index is -0.188. The van der Waals surface area contributed by atoms with Gasteiger partial charge in [0, 0.05) is 11.3 Å². The van der Waals surface area contributed by atoms with Gasteiger partial charge in [-0.05, 0) is 17.7 Å². The minimum Gasteiger partial charge on any atom is -0.324 e. The molecule has 4 aromatic rings. The predicted octanol–water partition coefficient (Wildman–Crippen LogP) is 4.46. The highest BCUT2D eigenvalue weighted by atomic mass is 16.1. The molecule has 0 aliphatic rings. The normalized spacial score (nSPS) is 10.3. The quantitative estimate of drug-likeness (QED) is 0.515. The molecule has 2 N–H and O–H groups in total. The van der Waals surface area contributed by atoms with Gasteiger partial charge in [0.05, 0.1) is 6.42 Å². The Kier molecular flexibility index (Phi) is 5.53. The maximum atomic E-state index is 12.5. The number of benzene rings is 3. The molecule has 0 aliphatic heterocycles. The lowest BCUT2D eigenvalue weighted by molar-refractivity contribution is -0.115. The second-order valence-corrected chi connectivity index (χ2v) is 6.37. The molecule has 1 aromatic heterocycles. The Labute approximate surface area is 168 Å². The Hall–Kier alpha value is -4.06. The molecule has 29 heavy (non-hydrogen) atoms. The summed E-state index contributed by atoms with van der Waals surface area (Å²) in [5.41, 5.74) is 2.61. The van der Waals surface area contributed by atoms with E-state index in [0.29, 0.717) is 11.8 Å². The molecule has 0 unspecified atom stereocenters. The lowest BCUT2D eigenvalue weighted by atomic mass is 10.1. The summed E-state index contributed by atoms with van der Waals surface area (Å²) in [7, 11) is 0. The van der Waals surface area contributed by atoms with Crippen molar-refractivity contribution in [1.82, 2.24) is 15.0 Å². The summed E-state index contributed by atoms with van der Waals surface area (Å²) >= 11 is 0. The van der Waals surface area contributed by atoms with Crippen LogP contribution in [-0.2, 0) is 11.2 Å². The van der Waals surface area contributed by atoms with E-state index in [1.165, 1.54) is 0 Å². The van der Waals surface area contributed by atoms with Gasteiger partial charge >= 0.3 is 0 Å². The first kappa shape index (κ1) is 18.3. The summed E-state index contributed by atoms with van der Waals surface area (Å²) in [4.78, 5) is 25.8. The Morgan fingerprint density at radius 3 is 1.97 bits per heavy atom. The van der Waals surface area contributed by atoms with Crippen LogP contribution in [-0.4, -0.2) is 20.9 Å². The number of hydrogen-bond acceptors (Lipinski definition) is 5. The molecule has 0 saturated heterocycles. The van der Waals surface area contributed by atoms with Crippen LogP contribution in [0.15, 0.2) is 91.0 Å². The molecule has 0 radical (unpaired) electrons. The number of para-hydroxylation sites is 1. The van der Waals surface area contributed by atoms with Crippen LogP contribution in [0.3, 0.4) is 0 Å². The van der Waals surface area contributed by atoms with E-state index >= 15 is 0 Å². The number of carbonyl (C=O) groups excluding carboxylic acids is 1. The van der Waals surface area contributed by atoms with Crippen LogP contribution in [0.5, 0.6) is 0 Å². The first-order valence-corrected chi connectivity index (χ1v) is 9.23. The summed E-state index contributed by atoms with van der Waals surface area (Å²) in [6.07, 6.45) is 0.245. The van der Waals surface area contributed by atoms with Gasteiger partial charge in [0.2, 0.25) is 17.8 Å². The highest BCUT2D eigenvalue weighted by Crippen LogP contribution is 2.20. The van der Waals surface area contributed by atoms with Crippen LogP contribution < -0.4 is 10.6 Å². The van der Waals surface area contributed by atoms with Gasteiger partial charge in [-0.3, -0.25) is 10.1 Å². The zero-order valence-corrected chi connectivity index (χ0v) is 15.6. The molecular formula is C23H19N5O. The maximum absolute atomic E-state index is 12.5. The van der Waals surface area contributed by atoms with Crippen molar-refractivity contribution < 1.29 is 4.79 Å². The Morgan fingerprint density at radius 2 is 1.28 bits per heavy atom. The molecule has 0 bridgehead atoms. The van der Waals surface area contributed by atoms with Crippen LogP contribution in [0.2, 0.25) is 0 Å². The molecular weight excluding hydrogens is 362 g/mol. The van der Waals surface area contributed by atoms with Gasteiger partial charge in [0.15, 0.2) is 5.82 Å². The summed E-state index contributed by atoms with van der Waals surface area (Å²) < 4.78 is 0. The largest absolute Gasteiger partial charge is 0.324 e. The average Bonchev–Trinajstić information content (AvgIpc) is 2.75. The zero-order valence-electron chi connectivity index (χ0n) is 15.6. The van der Waals surface area contributed by atoms with Crippen molar-refractivity contribution in [2.45, 2.75) is 6.42 Å². The van der Waals surface area contributed by atoms with Crippen molar-refractivity contribution in [3.8, 4) is 11.4 Å². The van der Waals surface area contributed by atoms with E-state index in [9.17, 15) is 4.79 Å². The minimum absolute atomic E-state index is 0.188. The predicted molar refractivity (Wildman–Crippen MR) is 114 cm³/mol. The zero-order chi connectivity index (χ0) is 19.9. The van der Waals surface area contributed by atoms with Gasteiger partial charge in [-0.1, -0.05) is 78.9 Å². The topological polar surface area (TPSA) is 79.8 Å². The number of anilines is 3. The number of nitrogens with zero attached hydrogens (tertiary/aromatic N) is 3. The number of carbonyl (C=O) groups is 1. The monoisotopic (exact) mass is 381 g/mol. The van der Waals surface area contributed by atoms with E-state index in [1.54, 1.807) is 0 Å². The summed E-state index contributed by atoms with van der Waals surface area (Å²) in [6, 6.07) is 28.7. The number of amides is 1. The summed E-state index contributed by atoms with van der Waals surface area (Å²) in [5.74, 6) is 0.861. The van der Waals surface area contributed by atoms with E-state index in [4.69, 9.17) is 0 Å². The fourth-order valence-electron chi connectivity index (χ4n) is 2.80. The van der Waals surface area contributed by atoms with E-state index in [2.05, 4.69) is 25.6 Å². The van der Waals surface area contributed by atoms with Crippen LogP contribution in [0, 0.1) is 0 Å². The molecule has 0 spiro atoms. The third kappa shape index (κ3) is 5.01. The van der Waals surface area contributed by atoms with Crippen molar-refractivity contribution in [3.05, 3.63) is 96.6 Å². The molecule has 0 aliphatic carbocycles. The van der Waals surface area contributed by atoms with E-state index < -0.39 is 0 Å².